The Morgan fingerprint density at radius 1 is 1.18 bits per heavy atom. The van der Waals surface area contributed by atoms with Gasteiger partial charge in [0.1, 0.15) is 0 Å². The molecule has 0 aliphatic carbocycles. The number of aryl methyl sites for hydroxylation is 1. The highest BCUT2D eigenvalue weighted by Crippen LogP contribution is 2.19. The molecule has 0 aliphatic rings. The Morgan fingerprint density at radius 3 is 2.65 bits per heavy atom. The van der Waals surface area contributed by atoms with Gasteiger partial charge in [-0.1, -0.05) is 6.07 Å². The summed E-state index contributed by atoms with van der Waals surface area (Å²) in [4.78, 5) is 8.15. The number of aliphatic hydroxyl groups is 1. The molecule has 17 heavy (non-hydrogen) atoms. The highest BCUT2D eigenvalue weighted by Gasteiger charge is 2.09. The normalized spacial score (nSPS) is 12.4. The standard InChI is InChI=1S/C13H13BrN2O/c1-9-2-11(7-15-5-9)13(17)4-10-3-12(14)8-16-6-10/h2-3,5-8,13,17H,4H2,1H3. The first kappa shape index (κ1) is 12.2. The first-order valence-corrected chi connectivity index (χ1v) is 6.13. The summed E-state index contributed by atoms with van der Waals surface area (Å²) in [5.41, 5.74) is 2.88. The van der Waals surface area contributed by atoms with Crippen LogP contribution in [0.1, 0.15) is 22.8 Å². The molecule has 1 unspecified atom stereocenters. The highest BCUT2D eigenvalue weighted by atomic mass is 79.9. The first-order valence-electron chi connectivity index (χ1n) is 5.34. The van der Waals surface area contributed by atoms with Crippen LogP contribution in [0.15, 0.2) is 41.4 Å². The zero-order valence-electron chi connectivity index (χ0n) is 9.47. The smallest absolute Gasteiger partial charge is 0.0845 e. The first-order chi connectivity index (χ1) is 8.15. The van der Waals surface area contributed by atoms with Crippen LogP contribution in [0.4, 0.5) is 0 Å². The summed E-state index contributed by atoms with van der Waals surface area (Å²) >= 11 is 3.36. The van der Waals surface area contributed by atoms with E-state index in [4.69, 9.17) is 0 Å². The van der Waals surface area contributed by atoms with Crippen molar-refractivity contribution in [2.24, 2.45) is 0 Å². The molecular formula is C13H13BrN2O. The van der Waals surface area contributed by atoms with Gasteiger partial charge in [0.05, 0.1) is 6.10 Å². The van der Waals surface area contributed by atoms with Crippen LogP contribution in [0, 0.1) is 6.92 Å². The van der Waals surface area contributed by atoms with E-state index in [1.165, 1.54) is 0 Å². The maximum atomic E-state index is 10.1. The molecular weight excluding hydrogens is 280 g/mol. The molecule has 1 N–H and O–H groups in total. The van der Waals surface area contributed by atoms with Gasteiger partial charge in [0.15, 0.2) is 0 Å². The summed E-state index contributed by atoms with van der Waals surface area (Å²) in [6, 6.07) is 3.91. The summed E-state index contributed by atoms with van der Waals surface area (Å²) in [5, 5.41) is 10.1. The van der Waals surface area contributed by atoms with Crippen molar-refractivity contribution in [3.05, 3.63) is 58.1 Å². The minimum Gasteiger partial charge on any atom is -0.388 e. The van der Waals surface area contributed by atoms with Crippen molar-refractivity contribution in [2.75, 3.05) is 0 Å². The number of hydrogen-bond donors (Lipinski definition) is 1. The van der Waals surface area contributed by atoms with E-state index in [1.54, 1.807) is 24.8 Å². The third-order valence-corrected chi connectivity index (χ3v) is 2.91. The van der Waals surface area contributed by atoms with Crippen molar-refractivity contribution in [3.63, 3.8) is 0 Å². The monoisotopic (exact) mass is 292 g/mol. The molecule has 0 saturated heterocycles. The Bertz CT molecular complexity index is 516. The van der Waals surface area contributed by atoms with Crippen molar-refractivity contribution in [1.82, 2.24) is 9.97 Å². The zero-order chi connectivity index (χ0) is 12.3. The average Bonchev–Trinajstić information content (AvgIpc) is 2.29. The lowest BCUT2D eigenvalue weighted by Gasteiger charge is -2.11. The average molecular weight is 293 g/mol. The van der Waals surface area contributed by atoms with E-state index in [2.05, 4.69) is 25.9 Å². The predicted molar refractivity (Wildman–Crippen MR) is 69.6 cm³/mol. The van der Waals surface area contributed by atoms with E-state index >= 15 is 0 Å². The van der Waals surface area contributed by atoms with E-state index in [0.717, 1.165) is 21.2 Å². The Hall–Kier alpha value is -1.26. The summed E-state index contributed by atoms with van der Waals surface area (Å²) < 4.78 is 0.921. The van der Waals surface area contributed by atoms with Crippen LogP contribution in [0.2, 0.25) is 0 Å². The molecule has 0 aromatic carbocycles. The van der Waals surface area contributed by atoms with E-state index in [1.807, 2.05) is 19.1 Å². The summed E-state index contributed by atoms with van der Waals surface area (Å²) in [5.74, 6) is 0. The molecule has 2 heterocycles. The van der Waals surface area contributed by atoms with Crippen LogP contribution in [0.5, 0.6) is 0 Å². The SMILES string of the molecule is Cc1cncc(C(O)Cc2cncc(Br)c2)c1. The molecule has 1 atom stereocenters. The van der Waals surface area contributed by atoms with Gasteiger partial charge in [0, 0.05) is 35.7 Å². The van der Waals surface area contributed by atoms with Crippen LogP contribution in [0.3, 0.4) is 0 Å². The van der Waals surface area contributed by atoms with Crippen molar-refractivity contribution < 1.29 is 5.11 Å². The number of halogens is 1. The largest absolute Gasteiger partial charge is 0.388 e. The number of aromatic nitrogens is 2. The maximum absolute atomic E-state index is 10.1. The minimum atomic E-state index is -0.543. The van der Waals surface area contributed by atoms with E-state index < -0.39 is 6.10 Å². The van der Waals surface area contributed by atoms with Gasteiger partial charge in [-0.05, 0) is 45.6 Å². The quantitative estimate of drug-likeness (QED) is 0.946. The zero-order valence-corrected chi connectivity index (χ0v) is 11.1. The molecule has 3 nitrogen and oxygen atoms in total. The number of hydrogen-bond acceptors (Lipinski definition) is 3. The van der Waals surface area contributed by atoms with Gasteiger partial charge in [-0.2, -0.15) is 0 Å². The van der Waals surface area contributed by atoms with Crippen molar-refractivity contribution in [2.45, 2.75) is 19.4 Å². The van der Waals surface area contributed by atoms with Gasteiger partial charge >= 0.3 is 0 Å². The molecule has 0 bridgehead atoms. The molecule has 0 amide bonds. The summed E-state index contributed by atoms with van der Waals surface area (Å²) in [7, 11) is 0. The Balaban J connectivity index is 2.14. The minimum absolute atomic E-state index is 0.539. The lowest BCUT2D eigenvalue weighted by atomic mass is 10.0. The predicted octanol–water partition coefficient (Wildman–Crippen LogP) is 2.82. The Morgan fingerprint density at radius 2 is 1.94 bits per heavy atom. The Kier molecular flexibility index (Phi) is 3.86. The summed E-state index contributed by atoms with van der Waals surface area (Å²) in [6.07, 6.45) is 6.96. The molecule has 0 radical (unpaired) electrons. The molecule has 2 rings (SSSR count). The van der Waals surface area contributed by atoms with Gasteiger partial charge in [0.2, 0.25) is 0 Å². The van der Waals surface area contributed by atoms with Crippen LogP contribution in [0.25, 0.3) is 0 Å². The van der Waals surface area contributed by atoms with E-state index in [0.29, 0.717) is 6.42 Å². The molecule has 0 aliphatic heterocycles. The second-order valence-corrected chi connectivity index (χ2v) is 4.94. The molecule has 4 heteroatoms. The molecule has 0 spiro atoms. The molecule has 0 fully saturated rings. The molecule has 88 valence electrons. The van der Waals surface area contributed by atoms with Crippen LogP contribution in [-0.4, -0.2) is 15.1 Å². The van der Waals surface area contributed by atoms with Crippen molar-refractivity contribution in [3.8, 4) is 0 Å². The fraction of sp³-hybridized carbons (Fsp3) is 0.231. The van der Waals surface area contributed by atoms with Crippen LogP contribution < -0.4 is 0 Å². The fourth-order valence-corrected chi connectivity index (χ4v) is 2.08. The number of pyridine rings is 2. The summed E-state index contributed by atoms with van der Waals surface area (Å²) in [6.45, 7) is 1.96. The van der Waals surface area contributed by atoms with Gasteiger partial charge in [-0.3, -0.25) is 9.97 Å². The Labute approximate surface area is 109 Å². The van der Waals surface area contributed by atoms with Crippen LogP contribution in [-0.2, 0) is 6.42 Å². The van der Waals surface area contributed by atoms with E-state index in [-0.39, 0.29) is 0 Å². The second-order valence-electron chi connectivity index (χ2n) is 4.03. The van der Waals surface area contributed by atoms with Gasteiger partial charge in [-0.25, -0.2) is 0 Å². The van der Waals surface area contributed by atoms with Crippen molar-refractivity contribution in [1.29, 1.82) is 0 Å². The molecule has 0 saturated carbocycles. The number of nitrogens with zero attached hydrogens (tertiary/aromatic N) is 2. The van der Waals surface area contributed by atoms with Crippen molar-refractivity contribution >= 4 is 15.9 Å². The maximum Gasteiger partial charge on any atom is 0.0845 e. The van der Waals surface area contributed by atoms with Gasteiger partial charge < -0.3 is 5.11 Å². The van der Waals surface area contributed by atoms with Gasteiger partial charge in [-0.15, -0.1) is 0 Å². The molecule has 2 aromatic heterocycles. The lowest BCUT2D eigenvalue weighted by molar-refractivity contribution is 0.178. The number of aliphatic hydroxyl groups excluding tert-OH is 1. The van der Waals surface area contributed by atoms with Crippen LogP contribution >= 0.6 is 15.9 Å². The third kappa shape index (κ3) is 3.35. The third-order valence-electron chi connectivity index (χ3n) is 2.47. The lowest BCUT2D eigenvalue weighted by Crippen LogP contribution is -2.03. The number of rotatable bonds is 3. The van der Waals surface area contributed by atoms with E-state index in [9.17, 15) is 5.11 Å². The topological polar surface area (TPSA) is 46.0 Å². The molecule has 2 aromatic rings. The second kappa shape index (κ2) is 5.38. The fourth-order valence-electron chi connectivity index (χ4n) is 1.67. The highest BCUT2D eigenvalue weighted by molar-refractivity contribution is 9.10. The van der Waals surface area contributed by atoms with Gasteiger partial charge in [0.25, 0.3) is 0 Å².